The molecule has 5 nitrogen and oxygen atoms in total. The molecule has 0 radical (unpaired) electrons. The highest BCUT2D eigenvalue weighted by molar-refractivity contribution is 5.69. The first-order valence-electron chi connectivity index (χ1n) is 7.95. The fourth-order valence-corrected chi connectivity index (χ4v) is 3.46. The number of rotatable bonds is 5. The summed E-state index contributed by atoms with van der Waals surface area (Å²) >= 11 is 0. The van der Waals surface area contributed by atoms with Crippen molar-refractivity contribution in [3.8, 4) is 0 Å². The minimum atomic E-state index is -0.708. The fraction of sp³-hybridized carbons (Fsp3) is 0.933. The lowest BCUT2D eigenvalue weighted by Crippen LogP contribution is -2.54. The Hall–Kier alpha value is -0.650. The van der Waals surface area contributed by atoms with Crippen molar-refractivity contribution >= 4 is 5.97 Å². The van der Waals surface area contributed by atoms with Crippen molar-refractivity contribution in [1.82, 2.24) is 14.7 Å². The van der Waals surface area contributed by atoms with E-state index in [9.17, 15) is 4.79 Å². The highest BCUT2D eigenvalue weighted by Crippen LogP contribution is 2.19. The number of piperidine rings is 1. The van der Waals surface area contributed by atoms with Gasteiger partial charge in [0.2, 0.25) is 0 Å². The zero-order chi connectivity index (χ0) is 14.5. The fourth-order valence-electron chi connectivity index (χ4n) is 3.46. The number of likely N-dealkylation sites (tertiary alicyclic amines) is 1. The number of hydrogen-bond acceptors (Lipinski definition) is 4. The lowest BCUT2D eigenvalue weighted by Gasteiger charge is -2.42. The second-order valence-corrected chi connectivity index (χ2v) is 6.63. The highest BCUT2D eigenvalue weighted by Gasteiger charge is 2.27. The molecule has 2 aliphatic rings. The summed E-state index contributed by atoms with van der Waals surface area (Å²) in [6.07, 6.45) is 2.54. The molecule has 0 amide bonds. The predicted octanol–water partition coefficient (Wildman–Crippen LogP) is 0.809. The van der Waals surface area contributed by atoms with E-state index in [0.717, 1.165) is 32.1 Å². The Bertz CT molecular complexity index is 306. The lowest BCUT2D eigenvalue weighted by molar-refractivity contribution is -0.138. The first kappa shape index (κ1) is 15.7. The number of hydrogen-bond donors (Lipinski definition) is 1. The van der Waals surface area contributed by atoms with Crippen LogP contribution in [0.1, 0.15) is 26.7 Å². The minimum absolute atomic E-state index is 0.195. The smallest absolute Gasteiger partial charge is 0.317 e. The molecular weight excluding hydrogens is 254 g/mol. The van der Waals surface area contributed by atoms with Crippen LogP contribution in [0.3, 0.4) is 0 Å². The van der Waals surface area contributed by atoms with Crippen LogP contribution in [0, 0.1) is 5.92 Å². The maximum absolute atomic E-state index is 10.7. The van der Waals surface area contributed by atoms with E-state index in [0.29, 0.717) is 6.04 Å². The van der Waals surface area contributed by atoms with E-state index in [4.69, 9.17) is 5.11 Å². The second-order valence-electron chi connectivity index (χ2n) is 6.63. The number of nitrogens with zero attached hydrogens (tertiary/aromatic N) is 3. The molecule has 0 aliphatic carbocycles. The van der Waals surface area contributed by atoms with Crippen LogP contribution in [0.4, 0.5) is 0 Å². The molecule has 0 aromatic carbocycles. The van der Waals surface area contributed by atoms with Gasteiger partial charge < -0.3 is 10.0 Å². The molecule has 0 aromatic heterocycles. The van der Waals surface area contributed by atoms with E-state index in [1.807, 2.05) is 4.90 Å². The second kappa shape index (κ2) is 7.38. The van der Waals surface area contributed by atoms with Crippen molar-refractivity contribution in [1.29, 1.82) is 0 Å². The number of aliphatic carboxylic acids is 1. The van der Waals surface area contributed by atoms with Crippen LogP contribution in [0.2, 0.25) is 0 Å². The van der Waals surface area contributed by atoms with Crippen molar-refractivity contribution in [3.05, 3.63) is 0 Å². The summed E-state index contributed by atoms with van der Waals surface area (Å²) in [5.41, 5.74) is 0. The molecule has 116 valence electrons. The van der Waals surface area contributed by atoms with Crippen molar-refractivity contribution in [2.45, 2.75) is 32.7 Å². The summed E-state index contributed by atoms with van der Waals surface area (Å²) in [6.45, 7) is 12.3. The van der Waals surface area contributed by atoms with Crippen LogP contribution in [0.15, 0.2) is 0 Å². The van der Waals surface area contributed by atoms with Gasteiger partial charge in [0.25, 0.3) is 0 Å². The molecule has 0 saturated carbocycles. The van der Waals surface area contributed by atoms with Crippen molar-refractivity contribution in [2.75, 3.05) is 52.4 Å². The predicted molar refractivity (Wildman–Crippen MR) is 79.9 cm³/mol. The van der Waals surface area contributed by atoms with E-state index in [1.165, 1.54) is 32.5 Å². The molecular formula is C15H29N3O2. The van der Waals surface area contributed by atoms with Gasteiger partial charge in [0.15, 0.2) is 0 Å². The van der Waals surface area contributed by atoms with Gasteiger partial charge in [-0.15, -0.1) is 0 Å². The van der Waals surface area contributed by atoms with Crippen molar-refractivity contribution in [2.24, 2.45) is 5.92 Å². The Morgan fingerprint density at radius 1 is 1.05 bits per heavy atom. The quantitative estimate of drug-likeness (QED) is 0.809. The third-order valence-electron chi connectivity index (χ3n) is 4.46. The molecule has 2 heterocycles. The summed E-state index contributed by atoms with van der Waals surface area (Å²) in [6, 6.07) is 0.713. The van der Waals surface area contributed by atoms with E-state index in [2.05, 4.69) is 23.6 Å². The molecule has 0 unspecified atom stereocenters. The van der Waals surface area contributed by atoms with E-state index in [1.54, 1.807) is 0 Å². The first-order chi connectivity index (χ1) is 9.54. The molecule has 2 rings (SSSR count). The molecule has 0 atom stereocenters. The largest absolute Gasteiger partial charge is 0.480 e. The molecule has 5 heteroatoms. The van der Waals surface area contributed by atoms with E-state index in [-0.39, 0.29) is 6.54 Å². The highest BCUT2D eigenvalue weighted by atomic mass is 16.4. The molecule has 2 aliphatic heterocycles. The Balaban J connectivity index is 1.69. The van der Waals surface area contributed by atoms with Crippen LogP contribution >= 0.6 is 0 Å². The minimum Gasteiger partial charge on any atom is -0.480 e. The summed E-state index contributed by atoms with van der Waals surface area (Å²) in [5.74, 6) is 0.0477. The molecule has 0 aromatic rings. The van der Waals surface area contributed by atoms with Crippen LogP contribution < -0.4 is 0 Å². The van der Waals surface area contributed by atoms with Crippen molar-refractivity contribution < 1.29 is 9.90 Å². The molecule has 20 heavy (non-hydrogen) atoms. The van der Waals surface area contributed by atoms with Gasteiger partial charge >= 0.3 is 5.97 Å². The normalized spacial score (nSPS) is 24.4. The Morgan fingerprint density at radius 3 is 2.15 bits per heavy atom. The van der Waals surface area contributed by atoms with E-state index >= 15 is 0 Å². The first-order valence-corrected chi connectivity index (χ1v) is 7.95. The molecule has 1 N–H and O–H groups in total. The zero-order valence-electron chi connectivity index (χ0n) is 12.9. The third-order valence-corrected chi connectivity index (χ3v) is 4.46. The van der Waals surface area contributed by atoms with Gasteiger partial charge in [-0.25, -0.2) is 0 Å². The molecule has 0 bridgehead atoms. The van der Waals surface area contributed by atoms with Crippen molar-refractivity contribution in [3.63, 3.8) is 0 Å². The van der Waals surface area contributed by atoms with Gasteiger partial charge in [0, 0.05) is 38.8 Å². The summed E-state index contributed by atoms with van der Waals surface area (Å²) in [4.78, 5) is 17.9. The lowest BCUT2D eigenvalue weighted by atomic mass is 10.0. The van der Waals surface area contributed by atoms with Gasteiger partial charge in [0.05, 0.1) is 6.54 Å². The third kappa shape index (κ3) is 4.72. The Labute approximate surface area is 122 Å². The number of carbonyl (C=O) groups is 1. The summed E-state index contributed by atoms with van der Waals surface area (Å²) < 4.78 is 0. The van der Waals surface area contributed by atoms with Crippen LogP contribution in [-0.4, -0.2) is 84.2 Å². The maximum Gasteiger partial charge on any atom is 0.317 e. The number of piperazine rings is 1. The Kier molecular flexibility index (Phi) is 5.81. The van der Waals surface area contributed by atoms with Gasteiger partial charge in [-0.05, 0) is 31.8 Å². The average molecular weight is 283 g/mol. The molecule has 2 saturated heterocycles. The zero-order valence-corrected chi connectivity index (χ0v) is 12.9. The molecule has 0 spiro atoms. The average Bonchev–Trinajstić information content (AvgIpc) is 2.39. The van der Waals surface area contributed by atoms with Gasteiger partial charge in [-0.1, -0.05) is 13.8 Å². The number of carboxylic acids is 1. The van der Waals surface area contributed by atoms with Gasteiger partial charge in [0.1, 0.15) is 0 Å². The standard InChI is InChI=1S/C15H29N3O2/c1-13(2)11-16-5-3-14(4-6-16)18-9-7-17(8-10-18)12-15(19)20/h13-14H,3-12H2,1-2H3,(H,19,20). The maximum atomic E-state index is 10.7. The number of carboxylic acid groups (broad SMARTS) is 1. The topological polar surface area (TPSA) is 47.0 Å². The van der Waals surface area contributed by atoms with Gasteiger partial charge in [-0.2, -0.15) is 0 Å². The monoisotopic (exact) mass is 283 g/mol. The Morgan fingerprint density at radius 2 is 1.65 bits per heavy atom. The van der Waals surface area contributed by atoms with E-state index < -0.39 is 5.97 Å². The SMILES string of the molecule is CC(C)CN1CCC(N2CCN(CC(=O)O)CC2)CC1. The van der Waals surface area contributed by atoms with Gasteiger partial charge in [-0.3, -0.25) is 14.6 Å². The van der Waals surface area contributed by atoms with Crippen LogP contribution in [0.25, 0.3) is 0 Å². The summed E-state index contributed by atoms with van der Waals surface area (Å²) in [5, 5.41) is 8.82. The van der Waals surface area contributed by atoms with Crippen LogP contribution in [0.5, 0.6) is 0 Å². The molecule has 2 fully saturated rings. The van der Waals surface area contributed by atoms with Crippen LogP contribution in [-0.2, 0) is 4.79 Å². The summed E-state index contributed by atoms with van der Waals surface area (Å²) in [7, 11) is 0.